The van der Waals surface area contributed by atoms with Crippen LogP contribution in [0.3, 0.4) is 0 Å². The molecule has 0 bridgehead atoms. The fourth-order valence-corrected chi connectivity index (χ4v) is 2.81. The number of carbonyl (C=O) groups excluding carboxylic acids is 2. The standard InChI is InChI=1S/C16H21N3O3S/c1-4-5-10(2)18-15(20)8-22-16(21)13-6-12(7-17-13)14-9-23-11(3)19-14/h6-7,9-10,17H,4-5,8H2,1-3H3,(H,18,20)/t10-/m1/s1. The molecule has 2 rings (SSSR count). The summed E-state index contributed by atoms with van der Waals surface area (Å²) in [4.78, 5) is 30.9. The number of ether oxygens (including phenoxy) is 1. The van der Waals surface area contributed by atoms with Gasteiger partial charge in [-0.25, -0.2) is 9.78 Å². The van der Waals surface area contributed by atoms with Crippen LogP contribution in [0.25, 0.3) is 11.3 Å². The van der Waals surface area contributed by atoms with Crippen molar-refractivity contribution < 1.29 is 14.3 Å². The Morgan fingerprint density at radius 1 is 1.48 bits per heavy atom. The van der Waals surface area contributed by atoms with Crippen LogP contribution < -0.4 is 5.32 Å². The van der Waals surface area contributed by atoms with Crippen molar-refractivity contribution in [2.75, 3.05) is 6.61 Å². The smallest absolute Gasteiger partial charge is 0.355 e. The highest BCUT2D eigenvalue weighted by molar-refractivity contribution is 7.09. The molecule has 0 saturated carbocycles. The normalized spacial score (nSPS) is 12.0. The molecule has 0 saturated heterocycles. The minimum absolute atomic E-state index is 0.0798. The van der Waals surface area contributed by atoms with Crippen LogP contribution in [0, 0.1) is 6.92 Å². The quantitative estimate of drug-likeness (QED) is 0.762. The van der Waals surface area contributed by atoms with Crippen molar-refractivity contribution >= 4 is 23.2 Å². The van der Waals surface area contributed by atoms with E-state index in [0.29, 0.717) is 5.69 Å². The van der Waals surface area contributed by atoms with Crippen LogP contribution >= 0.6 is 11.3 Å². The number of aromatic nitrogens is 2. The minimum Gasteiger partial charge on any atom is -0.451 e. The lowest BCUT2D eigenvalue weighted by molar-refractivity contribution is -0.124. The van der Waals surface area contributed by atoms with E-state index in [1.54, 1.807) is 23.6 Å². The van der Waals surface area contributed by atoms with Gasteiger partial charge < -0.3 is 15.0 Å². The molecule has 0 aromatic carbocycles. The summed E-state index contributed by atoms with van der Waals surface area (Å²) < 4.78 is 5.02. The van der Waals surface area contributed by atoms with E-state index in [2.05, 4.69) is 22.2 Å². The van der Waals surface area contributed by atoms with E-state index >= 15 is 0 Å². The number of rotatable bonds is 7. The highest BCUT2D eigenvalue weighted by Gasteiger charge is 2.14. The number of aryl methyl sites for hydroxylation is 1. The lowest BCUT2D eigenvalue weighted by atomic mass is 10.2. The molecule has 0 aliphatic heterocycles. The van der Waals surface area contributed by atoms with Crippen LogP contribution in [0.4, 0.5) is 0 Å². The van der Waals surface area contributed by atoms with Crippen LogP contribution in [0.5, 0.6) is 0 Å². The Morgan fingerprint density at radius 3 is 2.91 bits per heavy atom. The predicted molar refractivity (Wildman–Crippen MR) is 89.4 cm³/mol. The summed E-state index contributed by atoms with van der Waals surface area (Å²) in [6, 6.07) is 1.75. The number of nitrogens with zero attached hydrogens (tertiary/aromatic N) is 1. The van der Waals surface area contributed by atoms with Gasteiger partial charge >= 0.3 is 5.97 Å². The first-order chi connectivity index (χ1) is 11.0. The third kappa shape index (κ3) is 4.92. The SMILES string of the molecule is CCC[C@@H](C)NC(=O)COC(=O)c1cc(-c2csc(C)n2)c[nH]1. The van der Waals surface area contributed by atoms with Crippen molar-refractivity contribution in [1.82, 2.24) is 15.3 Å². The number of aromatic amines is 1. The maximum atomic E-state index is 12.0. The largest absolute Gasteiger partial charge is 0.451 e. The fraction of sp³-hybridized carbons (Fsp3) is 0.438. The van der Waals surface area contributed by atoms with E-state index in [-0.39, 0.29) is 18.6 Å². The van der Waals surface area contributed by atoms with Gasteiger partial charge in [0, 0.05) is 23.2 Å². The molecule has 0 unspecified atom stereocenters. The molecule has 0 radical (unpaired) electrons. The maximum Gasteiger partial charge on any atom is 0.355 e. The number of hydrogen-bond acceptors (Lipinski definition) is 5. The second-order valence-electron chi connectivity index (χ2n) is 5.39. The number of thiazole rings is 1. The zero-order valence-electron chi connectivity index (χ0n) is 13.5. The molecular formula is C16H21N3O3S. The van der Waals surface area contributed by atoms with E-state index in [0.717, 1.165) is 29.1 Å². The van der Waals surface area contributed by atoms with Crippen LogP contribution in [0.15, 0.2) is 17.6 Å². The Hall–Kier alpha value is -2.15. The van der Waals surface area contributed by atoms with Crippen molar-refractivity contribution in [1.29, 1.82) is 0 Å². The highest BCUT2D eigenvalue weighted by atomic mass is 32.1. The average molecular weight is 335 g/mol. The summed E-state index contributed by atoms with van der Waals surface area (Å²) >= 11 is 1.55. The first-order valence-electron chi connectivity index (χ1n) is 7.57. The van der Waals surface area contributed by atoms with Crippen molar-refractivity contribution in [3.63, 3.8) is 0 Å². The number of carbonyl (C=O) groups is 2. The number of amides is 1. The maximum absolute atomic E-state index is 12.0. The van der Waals surface area contributed by atoms with E-state index in [9.17, 15) is 9.59 Å². The van der Waals surface area contributed by atoms with Gasteiger partial charge in [0.1, 0.15) is 5.69 Å². The first kappa shape index (κ1) is 17.2. The minimum atomic E-state index is -0.554. The molecule has 1 atom stereocenters. The Morgan fingerprint density at radius 2 is 2.26 bits per heavy atom. The lowest BCUT2D eigenvalue weighted by Crippen LogP contribution is -2.35. The number of H-pyrrole nitrogens is 1. The van der Waals surface area contributed by atoms with Gasteiger partial charge in [0.2, 0.25) is 0 Å². The van der Waals surface area contributed by atoms with Gasteiger partial charge in [-0.1, -0.05) is 13.3 Å². The van der Waals surface area contributed by atoms with Crippen molar-refractivity contribution in [3.05, 3.63) is 28.3 Å². The van der Waals surface area contributed by atoms with Gasteiger partial charge in [-0.3, -0.25) is 4.79 Å². The zero-order valence-corrected chi connectivity index (χ0v) is 14.3. The summed E-state index contributed by atoms with van der Waals surface area (Å²) in [6.07, 6.45) is 3.59. The summed E-state index contributed by atoms with van der Waals surface area (Å²) in [7, 11) is 0. The predicted octanol–water partition coefficient (Wildman–Crippen LogP) is 2.91. The molecule has 1 amide bonds. The number of hydrogen-bond donors (Lipinski definition) is 2. The van der Waals surface area contributed by atoms with Gasteiger partial charge in [-0.2, -0.15) is 0 Å². The average Bonchev–Trinajstić information content (AvgIpc) is 3.13. The Balaban J connectivity index is 1.87. The van der Waals surface area contributed by atoms with Gasteiger partial charge in [-0.05, 0) is 26.3 Å². The molecule has 23 heavy (non-hydrogen) atoms. The molecule has 6 nitrogen and oxygen atoms in total. The molecule has 124 valence electrons. The van der Waals surface area contributed by atoms with E-state index in [1.807, 2.05) is 19.2 Å². The van der Waals surface area contributed by atoms with Gasteiger partial charge in [0.25, 0.3) is 5.91 Å². The van der Waals surface area contributed by atoms with Crippen LogP contribution in [0.2, 0.25) is 0 Å². The first-order valence-corrected chi connectivity index (χ1v) is 8.45. The number of nitrogens with one attached hydrogen (secondary N) is 2. The zero-order chi connectivity index (χ0) is 16.8. The van der Waals surface area contributed by atoms with Crippen LogP contribution in [-0.2, 0) is 9.53 Å². The number of esters is 1. The topological polar surface area (TPSA) is 84.1 Å². The third-order valence-electron chi connectivity index (χ3n) is 3.28. The molecule has 2 aromatic rings. The van der Waals surface area contributed by atoms with Gasteiger partial charge in [0.05, 0.1) is 10.7 Å². The van der Waals surface area contributed by atoms with E-state index < -0.39 is 5.97 Å². The molecule has 2 heterocycles. The molecule has 0 aliphatic rings. The molecule has 2 aromatic heterocycles. The van der Waals surface area contributed by atoms with Gasteiger partial charge in [0.15, 0.2) is 6.61 Å². The Labute approximate surface area is 139 Å². The molecule has 0 fully saturated rings. The third-order valence-corrected chi connectivity index (χ3v) is 4.05. The fourth-order valence-electron chi connectivity index (χ4n) is 2.19. The summed E-state index contributed by atoms with van der Waals surface area (Å²) in [5.41, 5.74) is 1.94. The Bertz CT molecular complexity index is 678. The van der Waals surface area contributed by atoms with Crippen molar-refractivity contribution in [3.8, 4) is 11.3 Å². The molecule has 2 N–H and O–H groups in total. The van der Waals surface area contributed by atoms with Crippen molar-refractivity contribution in [2.45, 2.75) is 39.7 Å². The van der Waals surface area contributed by atoms with Crippen LogP contribution in [0.1, 0.15) is 42.2 Å². The molecular weight excluding hydrogens is 314 g/mol. The molecule has 7 heteroatoms. The Kier molecular flexibility index (Phi) is 5.92. The van der Waals surface area contributed by atoms with Gasteiger partial charge in [-0.15, -0.1) is 11.3 Å². The second kappa shape index (κ2) is 7.92. The van der Waals surface area contributed by atoms with E-state index in [4.69, 9.17) is 4.74 Å². The van der Waals surface area contributed by atoms with Crippen LogP contribution in [-0.4, -0.2) is 34.5 Å². The molecule has 0 spiro atoms. The molecule has 0 aliphatic carbocycles. The summed E-state index contributed by atoms with van der Waals surface area (Å²) in [5, 5.41) is 5.67. The monoisotopic (exact) mass is 335 g/mol. The summed E-state index contributed by atoms with van der Waals surface area (Å²) in [5.74, 6) is -0.845. The summed E-state index contributed by atoms with van der Waals surface area (Å²) in [6.45, 7) is 5.62. The van der Waals surface area contributed by atoms with E-state index in [1.165, 1.54) is 0 Å². The highest BCUT2D eigenvalue weighted by Crippen LogP contribution is 2.22. The lowest BCUT2D eigenvalue weighted by Gasteiger charge is -2.12. The second-order valence-corrected chi connectivity index (χ2v) is 6.45. The van der Waals surface area contributed by atoms with Crippen molar-refractivity contribution in [2.24, 2.45) is 0 Å².